The number of benzene rings is 1. The van der Waals surface area contributed by atoms with Gasteiger partial charge in [0.25, 0.3) is 5.56 Å². The van der Waals surface area contributed by atoms with Gasteiger partial charge in [0, 0.05) is 6.54 Å². The third-order valence-electron chi connectivity index (χ3n) is 4.73. The third-order valence-corrected chi connectivity index (χ3v) is 5.24. The summed E-state index contributed by atoms with van der Waals surface area (Å²) < 4.78 is 5.91. The molecule has 1 aliphatic heterocycles. The highest BCUT2D eigenvalue weighted by Gasteiger charge is 2.51. The van der Waals surface area contributed by atoms with Crippen LogP contribution in [-0.4, -0.2) is 28.5 Å². The van der Waals surface area contributed by atoms with Gasteiger partial charge in [-0.1, -0.05) is 53.5 Å². The Hall–Kier alpha value is -2.38. The number of methoxy groups -OCH3 is 1. The standard InChI is InChI=1S/C18H17Cl2N3O4/c1-18(17(26)21-9-10-6-4-3-5-7-10)8-11(16(25)27-2)23-12(18)13(19)22-14(20)15(23)24/h3-7,11H,8-9H2,1-2H3,(H,21,26)/t11-,18+/m0/s1. The number of rotatable bonds is 4. The Morgan fingerprint density at radius 2 is 1.96 bits per heavy atom. The predicted molar refractivity (Wildman–Crippen MR) is 99.8 cm³/mol. The van der Waals surface area contributed by atoms with Crippen molar-refractivity contribution in [2.24, 2.45) is 0 Å². The van der Waals surface area contributed by atoms with Crippen LogP contribution in [0.4, 0.5) is 0 Å². The number of nitrogens with zero attached hydrogens (tertiary/aromatic N) is 2. The quantitative estimate of drug-likeness (QED) is 0.781. The molecule has 1 aromatic heterocycles. The summed E-state index contributed by atoms with van der Waals surface area (Å²) in [5.41, 5.74) is -0.873. The highest BCUT2D eigenvalue weighted by molar-refractivity contribution is 6.33. The first-order valence-corrected chi connectivity index (χ1v) is 8.93. The molecule has 0 spiro atoms. The van der Waals surface area contributed by atoms with Crippen LogP contribution in [0.15, 0.2) is 35.1 Å². The summed E-state index contributed by atoms with van der Waals surface area (Å²) >= 11 is 12.1. The van der Waals surface area contributed by atoms with E-state index in [0.717, 1.165) is 10.1 Å². The molecule has 1 aliphatic rings. The van der Waals surface area contributed by atoms with Gasteiger partial charge < -0.3 is 10.1 Å². The fraction of sp³-hybridized carbons (Fsp3) is 0.333. The van der Waals surface area contributed by atoms with Gasteiger partial charge in [0.2, 0.25) is 5.91 Å². The number of esters is 1. The molecule has 3 rings (SSSR count). The number of aromatic nitrogens is 2. The van der Waals surface area contributed by atoms with Crippen molar-refractivity contribution in [1.82, 2.24) is 14.9 Å². The maximum Gasteiger partial charge on any atom is 0.329 e. The fourth-order valence-electron chi connectivity index (χ4n) is 3.35. The minimum absolute atomic E-state index is 0.0112. The SMILES string of the molecule is COC(=O)[C@@H]1C[C@@](C)(C(=O)NCc2ccccc2)c2c(Cl)nc(Cl)c(=O)n21. The van der Waals surface area contributed by atoms with Crippen molar-refractivity contribution in [2.45, 2.75) is 31.3 Å². The lowest BCUT2D eigenvalue weighted by Crippen LogP contribution is -2.41. The molecule has 0 unspecified atom stereocenters. The van der Waals surface area contributed by atoms with Crippen LogP contribution in [0.1, 0.15) is 30.6 Å². The van der Waals surface area contributed by atoms with E-state index in [1.54, 1.807) is 6.92 Å². The van der Waals surface area contributed by atoms with Crippen LogP contribution >= 0.6 is 23.2 Å². The van der Waals surface area contributed by atoms with E-state index in [-0.39, 0.29) is 28.3 Å². The first-order chi connectivity index (χ1) is 12.8. The average Bonchev–Trinajstić information content (AvgIpc) is 2.99. The minimum Gasteiger partial charge on any atom is -0.467 e. The van der Waals surface area contributed by atoms with Gasteiger partial charge in [0.1, 0.15) is 6.04 Å². The zero-order valence-corrected chi connectivity index (χ0v) is 16.2. The van der Waals surface area contributed by atoms with Gasteiger partial charge in [0.05, 0.1) is 18.2 Å². The third kappa shape index (κ3) is 3.33. The van der Waals surface area contributed by atoms with Gasteiger partial charge in [-0.3, -0.25) is 14.2 Å². The largest absolute Gasteiger partial charge is 0.467 e. The summed E-state index contributed by atoms with van der Waals surface area (Å²) in [5.74, 6) is -1.03. The Morgan fingerprint density at radius 3 is 2.59 bits per heavy atom. The summed E-state index contributed by atoms with van der Waals surface area (Å²) in [5, 5.41) is 2.37. The molecule has 2 heterocycles. The maximum atomic E-state index is 13.0. The predicted octanol–water partition coefficient (Wildman–Crippen LogP) is 2.24. The second kappa shape index (κ2) is 7.32. The number of hydrogen-bond donors (Lipinski definition) is 1. The monoisotopic (exact) mass is 409 g/mol. The Kier molecular flexibility index (Phi) is 5.26. The lowest BCUT2D eigenvalue weighted by Gasteiger charge is -2.23. The van der Waals surface area contributed by atoms with Crippen LogP contribution in [0.2, 0.25) is 10.3 Å². The first-order valence-electron chi connectivity index (χ1n) is 8.17. The highest BCUT2D eigenvalue weighted by atomic mass is 35.5. The molecule has 0 bridgehead atoms. The molecule has 142 valence electrons. The summed E-state index contributed by atoms with van der Waals surface area (Å²) in [4.78, 5) is 41.6. The fourth-order valence-corrected chi connectivity index (χ4v) is 3.95. The maximum absolute atomic E-state index is 13.0. The van der Waals surface area contributed by atoms with E-state index in [1.807, 2.05) is 30.3 Å². The van der Waals surface area contributed by atoms with E-state index in [9.17, 15) is 14.4 Å². The lowest BCUT2D eigenvalue weighted by molar-refractivity contribution is -0.144. The Bertz CT molecular complexity index is 961. The molecule has 1 amide bonds. The van der Waals surface area contributed by atoms with Crippen molar-refractivity contribution in [3.8, 4) is 0 Å². The molecular formula is C18H17Cl2N3O4. The van der Waals surface area contributed by atoms with Crippen molar-refractivity contribution in [2.75, 3.05) is 7.11 Å². The molecule has 0 saturated heterocycles. The lowest BCUT2D eigenvalue weighted by atomic mass is 9.83. The van der Waals surface area contributed by atoms with Gasteiger partial charge in [-0.15, -0.1) is 0 Å². The van der Waals surface area contributed by atoms with E-state index in [0.29, 0.717) is 6.54 Å². The van der Waals surface area contributed by atoms with Crippen molar-refractivity contribution >= 4 is 35.1 Å². The van der Waals surface area contributed by atoms with Crippen LogP contribution in [0.25, 0.3) is 0 Å². The summed E-state index contributed by atoms with van der Waals surface area (Å²) in [6, 6.07) is 8.35. The molecule has 0 radical (unpaired) electrons. The van der Waals surface area contributed by atoms with Gasteiger partial charge in [0.15, 0.2) is 10.3 Å². The number of amides is 1. The summed E-state index contributed by atoms with van der Waals surface area (Å²) in [6.07, 6.45) is 0.0112. The van der Waals surface area contributed by atoms with E-state index in [4.69, 9.17) is 27.9 Å². The number of carbonyl (C=O) groups is 2. The van der Waals surface area contributed by atoms with E-state index < -0.39 is 23.0 Å². The molecule has 9 heteroatoms. The number of halogens is 2. The van der Waals surface area contributed by atoms with Crippen LogP contribution in [-0.2, 0) is 26.3 Å². The first kappa shape index (κ1) is 19.4. The molecule has 7 nitrogen and oxygen atoms in total. The summed E-state index contributed by atoms with van der Waals surface area (Å²) in [7, 11) is 1.21. The molecule has 2 aromatic rings. The molecule has 0 aliphatic carbocycles. The van der Waals surface area contributed by atoms with Crippen LogP contribution < -0.4 is 10.9 Å². The number of nitrogens with one attached hydrogen (secondary N) is 1. The molecule has 27 heavy (non-hydrogen) atoms. The van der Waals surface area contributed by atoms with Crippen LogP contribution in [0, 0.1) is 0 Å². The van der Waals surface area contributed by atoms with Crippen molar-refractivity contribution in [1.29, 1.82) is 0 Å². The van der Waals surface area contributed by atoms with E-state index >= 15 is 0 Å². The number of carbonyl (C=O) groups excluding carboxylic acids is 2. The summed E-state index contributed by atoms with van der Waals surface area (Å²) in [6.45, 7) is 1.91. The molecule has 0 fully saturated rings. The average molecular weight is 410 g/mol. The number of hydrogen-bond acceptors (Lipinski definition) is 5. The number of fused-ring (bicyclic) bond motifs is 1. The topological polar surface area (TPSA) is 90.3 Å². The minimum atomic E-state index is -1.25. The highest BCUT2D eigenvalue weighted by Crippen LogP contribution is 2.43. The molecule has 2 atom stereocenters. The number of ether oxygens (including phenoxy) is 1. The molecular weight excluding hydrogens is 393 g/mol. The Labute approximate surface area is 165 Å². The smallest absolute Gasteiger partial charge is 0.329 e. The Morgan fingerprint density at radius 1 is 1.30 bits per heavy atom. The second-order valence-corrected chi connectivity index (χ2v) is 7.18. The normalized spacial score (nSPS) is 20.8. The van der Waals surface area contributed by atoms with Crippen molar-refractivity contribution < 1.29 is 14.3 Å². The molecule has 1 aromatic carbocycles. The van der Waals surface area contributed by atoms with Crippen LogP contribution in [0.5, 0.6) is 0 Å². The van der Waals surface area contributed by atoms with E-state index in [1.165, 1.54) is 7.11 Å². The zero-order valence-electron chi connectivity index (χ0n) is 14.7. The van der Waals surface area contributed by atoms with Gasteiger partial charge in [-0.2, -0.15) is 0 Å². The van der Waals surface area contributed by atoms with Crippen LogP contribution in [0.3, 0.4) is 0 Å². The zero-order chi connectivity index (χ0) is 19.8. The Balaban J connectivity index is 2.01. The molecule has 1 N–H and O–H groups in total. The van der Waals surface area contributed by atoms with E-state index in [2.05, 4.69) is 10.3 Å². The molecule has 0 saturated carbocycles. The van der Waals surface area contributed by atoms with Crippen molar-refractivity contribution in [3.63, 3.8) is 0 Å². The van der Waals surface area contributed by atoms with Crippen molar-refractivity contribution in [3.05, 3.63) is 62.2 Å². The van der Waals surface area contributed by atoms with Gasteiger partial charge >= 0.3 is 5.97 Å². The van der Waals surface area contributed by atoms with Gasteiger partial charge in [-0.25, -0.2) is 9.78 Å². The van der Waals surface area contributed by atoms with Gasteiger partial charge in [-0.05, 0) is 18.9 Å². The second-order valence-electron chi connectivity index (χ2n) is 6.46.